The van der Waals surface area contributed by atoms with Crippen LogP contribution in [0.4, 0.5) is 0 Å². The van der Waals surface area contributed by atoms with Gasteiger partial charge in [-0.1, -0.05) is 255 Å². The first-order valence-corrected chi connectivity index (χ1v) is 41.0. The largest absolute Gasteiger partial charge is 0.472 e. The molecule has 0 saturated heterocycles. The predicted molar refractivity (Wildman–Crippen MR) is 417 cm³/mol. The Bertz CT molecular complexity index is 2650. The average Bonchev–Trinajstić information content (AvgIpc) is 0.959. The van der Waals surface area contributed by atoms with Gasteiger partial charge in [0.15, 0.2) is 12.2 Å². The lowest BCUT2D eigenvalue weighted by Gasteiger charge is -2.21. The average molecular weight is 1460 g/mol. The molecule has 0 aliphatic heterocycles. The van der Waals surface area contributed by atoms with Crippen molar-refractivity contribution in [1.29, 1.82) is 0 Å². The van der Waals surface area contributed by atoms with E-state index in [-0.39, 0.29) is 25.7 Å². The maximum Gasteiger partial charge on any atom is 0.472 e. The molecule has 0 radical (unpaired) electrons. The van der Waals surface area contributed by atoms with Crippen LogP contribution in [0.2, 0.25) is 0 Å². The van der Waals surface area contributed by atoms with Gasteiger partial charge in [0.05, 0.1) is 26.4 Å². The zero-order valence-corrected chi connectivity index (χ0v) is 64.5. The lowest BCUT2D eigenvalue weighted by atomic mass is 10.1. The maximum atomic E-state index is 13.1. The number of carbonyl (C=O) groups is 4. The molecule has 0 bridgehead atoms. The fourth-order valence-corrected chi connectivity index (χ4v) is 10.7. The fraction of sp³-hybridized carbons (Fsp3) is 0.590. The van der Waals surface area contributed by atoms with Gasteiger partial charge in [-0.15, -0.1) is 0 Å². The highest BCUT2D eigenvalue weighted by molar-refractivity contribution is 7.47. The van der Waals surface area contributed by atoms with Gasteiger partial charge in [0.25, 0.3) is 0 Å². The predicted octanol–water partition coefficient (Wildman–Crippen LogP) is 22.0. The number of aliphatic hydroxyl groups excluding tert-OH is 1. The van der Waals surface area contributed by atoms with Gasteiger partial charge in [-0.25, -0.2) is 9.13 Å². The highest BCUT2D eigenvalue weighted by Crippen LogP contribution is 2.45. The van der Waals surface area contributed by atoms with E-state index in [9.17, 15) is 43.2 Å². The van der Waals surface area contributed by atoms with Gasteiger partial charge in [0, 0.05) is 25.7 Å². The molecule has 0 aromatic rings. The summed E-state index contributed by atoms with van der Waals surface area (Å²) < 4.78 is 68.3. The minimum Gasteiger partial charge on any atom is -0.462 e. The molecule has 19 heteroatoms. The van der Waals surface area contributed by atoms with Crippen LogP contribution < -0.4 is 0 Å². The highest BCUT2D eigenvalue weighted by Gasteiger charge is 2.30. The van der Waals surface area contributed by atoms with Gasteiger partial charge >= 0.3 is 39.5 Å². The monoisotopic (exact) mass is 1460 g/mol. The normalized spacial score (nSPS) is 14.9. The molecule has 0 heterocycles. The number of hydrogen-bond donors (Lipinski definition) is 3. The summed E-state index contributed by atoms with van der Waals surface area (Å²) in [4.78, 5) is 72.9. The Morgan fingerprint density at radius 1 is 0.284 bits per heavy atom. The highest BCUT2D eigenvalue weighted by atomic mass is 31.2. The van der Waals surface area contributed by atoms with Gasteiger partial charge < -0.3 is 33.8 Å². The number of ether oxygens (including phenoxy) is 4. The van der Waals surface area contributed by atoms with Crippen LogP contribution in [0, 0.1) is 0 Å². The Morgan fingerprint density at radius 3 is 0.833 bits per heavy atom. The summed E-state index contributed by atoms with van der Waals surface area (Å²) >= 11 is 0. The van der Waals surface area contributed by atoms with Gasteiger partial charge in [-0.2, -0.15) is 0 Å². The number of aliphatic hydroxyl groups is 1. The van der Waals surface area contributed by atoms with Crippen LogP contribution >= 0.6 is 15.6 Å². The molecule has 5 unspecified atom stereocenters. The second-order valence-corrected chi connectivity index (χ2v) is 27.3. The molecule has 0 spiro atoms. The Kier molecular flexibility index (Phi) is 69.3. The van der Waals surface area contributed by atoms with E-state index >= 15 is 0 Å². The van der Waals surface area contributed by atoms with Crippen molar-refractivity contribution in [3.8, 4) is 0 Å². The van der Waals surface area contributed by atoms with Crippen LogP contribution in [0.15, 0.2) is 182 Å². The van der Waals surface area contributed by atoms with E-state index in [1.165, 1.54) is 0 Å². The van der Waals surface area contributed by atoms with Crippen LogP contribution in [0.1, 0.15) is 259 Å². The topological polar surface area (TPSA) is 237 Å². The molecule has 5 atom stereocenters. The smallest absolute Gasteiger partial charge is 0.462 e. The molecule has 0 aromatic carbocycles. The molecule has 0 aromatic heterocycles. The van der Waals surface area contributed by atoms with E-state index in [1.54, 1.807) is 0 Å². The summed E-state index contributed by atoms with van der Waals surface area (Å²) in [6.07, 6.45) is 87.6. The standard InChI is InChI=1S/C83H132O17P2/c1-5-9-13-17-21-25-29-33-36-38-41-45-48-52-56-60-64-68-81(86)94-74-79(100-83(88)70-66-62-58-54-50-46-42-39-37-34-30-26-22-18-14-10-6-2)76-98-102(91,92)96-72-77(84)71-95-101(89,90)97-75-78(99-82(87)69-65-61-57-53-49-43-32-28-24-20-16-12-8-4)73-93-80(85)67-63-59-55-51-47-44-40-35-31-27-23-19-15-11-7-3/h9-11,13-16,20-23,25-28,32-37,40-42,45-46,52,54,56,58,77-79,84H,5-8,12,17-19,24,29-31,38-39,43-44,47-51,53,55,57,59-76H2,1-4H3,(H,89,90)(H,91,92)/b13-9-,14-10-,15-11-,20-16-,25-21-,26-22-,27-23-,32-28-,36-33-,37-34-,40-35-,45-41-,46-42-,56-52-,58-54-. The third-order valence-corrected chi connectivity index (χ3v) is 16.7. The minimum absolute atomic E-state index is 0.00357. The number of phosphoric acid groups is 2. The summed E-state index contributed by atoms with van der Waals surface area (Å²) in [5.74, 6) is -2.37. The number of unbranched alkanes of at least 4 members (excludes halogenated alkanes) is 13. The van der Waals surface area contributed by atoms with Gasteiger partial charge in [0.2, 0.25) is 0 Å². The van der Waals surface area contributed by atoms with Crippen molar-refractivity contribution >= 4 is 39.5 Å². The van der Waals surface area contributed by atoms with Crippen molar-refractivity contribution in [3.05, 3.63) is 182 Å². The van der Waals surface area contributed by atoms with Crippen LogP contribution in [-0.4, -0.2) is 96.7 Å². The summed E-state index contributed by atoms with van der Waals surface area (Å²) in [6.45, 7) is 4.26. The Labute approximate surface area is 615 Å². The maximum absolute atomic E-state index is 13.1. The molecule has 0 saturated carbocycles. The molecule has 0 amide bonds. The lowest BCUT2D eigenvalue weighted by molar-refractivity contribution is -0.161. The summed E-state index contributed by atoms with van der Waals surface area (Å²) in [5, 5.41) is 10.6. The van der Waals surface area contributed by atoms with Crippen molar-refractivity contribution < 1.29 is 80.2 Å². The van der Waals surface area contributed by atoms with Crippen LogP contribution in [0.25, 0.3) is 0 Å². The third kappa shape index (κ3) is 72.5. The van der Waals surface area contributed by atoms with E-state index in [4.69, 9.17) is 37.0 Å². The molecular weight excluding hydrogens is 1330 g/mol. The molecular formula is C83H132O17P2. The third-order valence-electron chi connectivity index (χ3n) is 14.8. The number of rotatable bonds is 69. The van der Waals surface area contributed by atoms with Gasteiger partial charge in [-0.05, 0) is 161 Å². The Hall–Kier alpha value is -5.84. The second kappa shape index (κ2) is 73.5. The van der Waals surface area contributed by atoms with Crippen LogP contribution in [0.5, 0.6) is 0 Å². The van der Waals surface area contributed by atoms with Gasteiger partial charge in [-0.3, -0.25) is 37.3 Å². The molecule has 0 fully saturated rings. The van der Waals surface area contributed by atoms with E-state index in [0.717, 1.165) is 167 Å². The number of carbonyl (C=O) groups excluding carboxylic acids is 4. The zero-order chi connectivity index (χ0) is 74.6. The van der Waals surface area contributed by atoms with E-state index in [1.807, 2.05) is 24.3 Å². The quantitative estimate of drug-likeness (QED) is 0.0169. The first kappa shape index (κ1) is 96.2. The summed E-state index contributed by atoms with van der Waals surface area (Å²) in [5.41, 5.74) is 0. The van der Waals surface area contributed by atoms with Crippen LogP contribution in [-0.2, 0) is 65.4 Å². The fourth-order valence-electron chi connectivity index (χ4n) is 9.17. The first-order valence-electron chi connectivity index (χ1n) is 38.0. The molecule has 102 heavy (non-hydrogen) atoms. The van der Waals surface area contributed by atoms with E-state index in [2.05, 4.69) is 186 Å². The van der Waals surface area contributed by atoms with E-state index < -0.39 is 97.5 Å². The van der Waals surface area contributed by atoms with E-state index in [0.29, 0.717) is 38.5 Å². The minimum atomic E-state index is -5.01. The van der Waals surface area contributed by atoms with Crippen molar-refractivity contribution in [2.24, 2.45) is 0 Å². The van der Waals surface area contributed by atoms with Crippen molar-refractivity contribution in [1.82, 2.24) is 0 Å². The number of allylic oxidation sites excluding steroid dienone is 30. The molecule has 0 rings (SSSR count). The Balaban J connectivity index is 5.51. The Morgan fingerprint density at radius 2 is 0.520 bits per heavy atom. The molecule has 0 aliphatic rings. The molecule has 3 N–H and O–H groups in total. The van der Waals surface area contributed by atoms with Crippen molar-refractivity contribution in [2.45, 2.75) is 277 Å². The van der Waals surface area contributed by atoms with Crippen LogP contribution in [0.3, 0.4) is 0 Å². The lowest BCUT2D eigenvalue weighted by Crippen LogP contribution is -2.30. The SMILES string of the molecule is CC/C=C\C/C=C\C/C=C\C/C=C\C/C=C\CCCC(=O)OCC(COP(=O)(O)OCC(O)COP(=O)(O)OCC(COC(=O)CCCCCCC/C=C\C/C=C\C/C=C\CC)OC(=O)CCCCCCC/C=C\C/C=C\CCC)OC(=O)CCC/C=C\C/C=C\C/C=C\C/C=C\C/C=C\CC. The van der Waals surface area contributed by atoms with Crippen molar-refractivity contribution in [2.75, 3.05) is 39.6 Å². The van der Waals surface area contributed by atoms with Gasteiger partial charge in [0.1, 0.15) is 19.3 Å². The molecule has 17 nitrogen and oxygen atoms in total. The van der Waals surface area contributed by atoms with Crippen molar-refractivity contribution in [3.63, 3.8) is 0 Å². The zero-order valence-electron chi connectivity index (χ0n) is 62.7. The molecule has 0 aliphatic carbocycles. The number of esters is 4. The summed E-state index contributed by atoms with van der Waals surface area (Å²) in [6, 6.07) is 0. The number of hydrogen-bond acceptors (Lipinski definition) is 15. The number of phosphoric ester groups is 2. The first-order chi connectivity index (χ1) is 49.7. The molecule has 576 valence electrons. The second-order valence-electron chi connectivity index (χ2n) is 24.4. The summed E-state index contributed by atoms with van der Waals surface area (Å²) in [7, 11) is -10.0.